The van der Waals surface area contributed by atoms with Crippen molar-refractivity contribution in [3.63, 3.8) is 0 Å². The molecule has 5 nitrogen and oxygen atoms in total. The lowest BCUT2D eigenvalue weighted by molar-refractivity contribution is -0.137. The average molecular weight is 258 g/mol. The molecule has 1 aromatic heterocycles. The molecule has 0 atom stereocenters. The Hall–Kier alpha value is -1.04. The van der Waals surface area contributed by atoms with E-state index in [2.05, 4.69) is 24.0 Å². The SMILES string of the molecule is CC(C)CSCc1noc(CCCC(=O)O)n1. The normalized spacial score (nSPS) is 11.0. The van der Waals surface area contributed by atoms with Crippen LogP contribution in [0.15, 0.2) is 4.52 Å². The predicted octanol–water partition coefficient (Wildman–Crippen LogP) is 2.37. The lowest BCUT2D eigenvalue weighted by atomic mass is 10.2. The van der Waals surface area contributed by atoms with E-state index in [0.29, 0.717) is 30.5 Å². The summed E-state index contributed by atoms with van der Waals surface area (Å²) >= 11 is 1.78. The summed E-state index contributed by atoms with van der Waals surface area (Å²) in [5.74, 6) is 2.91. The second kappa shape index (κ2) is 7.32. The zero-order valence-electron chi connectivity index (χ0n) is 10.2. The molecular formula is C11H18N2O3S. The Balaban J connectivity index is 2.25. The molecular weight excluding hydrogens is 240 g/mol. The van der Waals surface area contributed by atoms with E-state index < -0.39 is 5.97 Å². The van der Waals surface area contributed by atoms with Crippen molar-refractivity contribution in [2.75, 3.05) is 5.75 Å². The van der Waals surface area contributed by atoms with Gasteiger partial charge in [-0.05, 0) is 18.1 Å². The molecule has 6 heteroatoms. The predicted molar refractivity (Wildman–Crippen MR) is 65.9 cm³/mol. The number of rotatable bonds is 8. The van der Waals surface area contributed by atoms with Gasteiger partial charge >= 0.3 is 5.97 Å². The molecule has 96 valence electrons. The van der Waals surface area contributed by atoms with E-state index in [-0.39, 0.29) is 6.42 Å². The van der Waals surface area contributed by atoms with Gasteiger partial charge in [-0.3, -0.25) is 4.79 Å². The number of aryl methyl sites for hydroxylation is 1. The van der Waals surface area contributed by atoms with Gasteiger partial charge in [0.25, 0.3) is 0 Å². The molecule has 0 aliphatic heterocycles. The zero-order chi connectivity index (χ0) is 12.7. The van der Waals surface area contributed by atoms with Gasteiger partial charge in [-0.2, -0.15) is 16.7 Å². The minimum atomic E-state index is -0.794. The van der Waals surface area contributed by atoms with E-state index in [9.17, 15) is 4.79 Å². The fraction of sp³-hybridized carbons (Fsp3) is 0.727. The van der Waals surface area contributed by atoms with Crippen LogP contribution in [0.1, 0.15) is 38.4 Å². The fourth-order valence-electron chi connectivity index (χ4n) is 1.23. The van der Waals surface area contributed by atoms with Gasteiger partial charge in [0.2, 0.25) is 5.89 Å². The van der Waals surface area contributed by atoms with Crippen molar-refractivity contribution in [2.45, 2.75) is 38.9 Å². The van der Waals surface area contributed by atoms with E-state index in [1.54, 1.807) is 11.8 Å². The zero-order valence-corrected chi connectivity index (χ0v) is 11.0. The quantitative estimate of drug-likeness (QED) is 0.771. The largest absolute Gasteiger partial charge is 0.481 e. The van der Waals surface area contributed by atoms with Crippen LogP contribution in [-0.2, 0) is 17.0 Å². The van der Waals surface area contributed by atoms with Gasteiger partial charge in [0, 0.05) is 12.8 Å². The molecule has 0 unspecified atom stereocenters. The van der Waals surface area contributed by atoms with E-state index in [1.807, 2.05) is 0 Å². The van der Waals surface area contributed by atoms with Crippen LogP contribution in [0.4, 0.5) is 0 Å². The molecule has 0 aromatic carbocycles. The number of hydrogen-bond acceptors (Lipinski definition) is 5. The van der Waals surface area contributed by atoms with E-state index in [0.717, 1.165) is 11.5 Å². The average Bonchev–Trinajstić information content (AvgIpc) is 2.65. The Kier molecular flexibility index (Phi) is 6.04. The summed E-state index contributed by atoms with van der Waals surface area (Å²) in [4.78, 5) is 14.5. The van der Waals surface area contributed by atoms with Gasteiger partial charge in [0.05, 0.1) is 5.75 Å². The van der Waals surface area contributed by atoms with E-state index in [4.69, 9.17) is 9.63 Å². The topological polar surface area (TPSA) is 76.2 Å². The van der Waals surface area contributed by atoms with Crippen LogP contribution < -0.4 is 0 Å². The molecule has 17 heavy (non-hydrogen) atoms. The second-order valence-electron chi connectivity index (χ2n) is 4.26. The van der Waals surface area contributed by atoms with Crippen molar-refractivity contribution >= 4 is 17.7 Å². The van der Waals surface area contributed by atoms with Crippen molar-refractivity contribution < 1.29 is 14.4 Å². The highest BCUT2D eigenvalue weighted by Gasteiger charge is 2.07. The van der Waals surface area contributed by atoms with E-state index in [1.165, 1.54) is 0 Å². The Morgan fingerprint density at radius 1 is 1.53 bits per heavy atom. The van der Waals surface area contributed by atoms with Crippen molar-refractivity contribution in [3.05, 3.63) is 11.7 Å². The van der Waals surface area contributed by atoms with Crippen molar-refractivity contribution in [2.24, 2.45) is 5.92 Å². The summed E-state index contributed by atoms with van der Waals surface area (Å²) in [5.41, 5.74) is 0. The summed E-state index contributed by atoms with van der Waals surface area (Å²) in [6.45, 7) is 4.33. The molecule has 1 rings (SSSR count). The highest BCUT2D eigenvalue weighted by Crippen LogP contribution is 2.13. The number of thioether (sulfide) groups is 1. The van der Waals surface area contributed by atoms with Gasteiger partial charge in [0.1, 0.15) is 0 Å². The van der Waals surface area contributed by atoms with Crippen molar-refractivity contribution in [3.8, 4) is 0 Å². The first-order valence-electron chi connectivity index (χ1n) is 5.69. The monoisotopic (exact) mass is 258 g/mol. The third kappa shape index (κ3) is 6.31. The maximum absolute atomic E-state index is 10.3. The molecule has 1 aromatic rings. The number of hydrogen-bond donors (Lipinski definition) is 1. The molecule has 0 amide bonds. The number of aliphatic carboxylic acids is 1. The number of carbonyl (C=O) groups is 1. The fourth-order valence-corrected chi connectivity index (χ4v) is 2.12. The van der Waals surface area contributed by atoms with Crippen LogP contribution in [0.5, 0.6) is 0 Å². The van der Waals surface area contributed by atoms with Crippen LogP contribution in [0.2, 0.25) is 0 Å². The summed E-state index contributed by atoms with van der Waals surface area (Å²) in [5, 5.41) is 12.4. The Morgan fingerprint density at radius 3 is 2.94 bits per heavy atom. The molecule has 0 bridgehead atoms. The van der Waals surface area contributed by atoms with Crippen molar-refractivity contribution in [1.29, 1.82) is 0 Å². The summed E-state index contributed by atoms with van der Waals surface area (Å²) in [6.07, 6.45) is 1.21. The number of aromatic nitrogens is 2. The number of carboxylic acid groups (broad SMARTS) is 1. The van der Waals surface area contributed by atoms with Crippen LogP contribution in [-0.4, -0.2) is 27.0 Å². The lowest BCUT2D eigenvalue weighted by Crippen LogP contribution is -1.96. The smallest absolute Gasteiger partial charge is 0.303 e. The van der Waals surface area contributed by atoms with Gasteiger partial charge in [-0.1, -0.05) is 19.0 Å². The molecule has 0 spiro atoms. The molecule has 1 heterocycles. The first-order valence-corrected chi connectivity index (χ1v) is 6.84. The van der Waals surface area contributed by atoms with Crippen molar-refractivity contribution in [1.82, 2.24) is 10.1 Å². The van der Waals surface area contributed by atoms with Gasteiger partial charge in [0.15, 0.2) is 5.82 Å². The first-order chi connectivity index (χ1) is 8.08. The lowest BCUT2D eigenvalue weighted by Gasteiger charge is -2.00. The summed E-state index contributed by atoms with van der Waals surface area (Å²) in [7, 11) is 0. The standard InChI is InChI=1S/C11H18N2O3S/c1-8(2)6-17-7-9-12-10(16-13-9)4-3-5-11(14)15/h8H,3-7H2,1-2H3,(H,14,15). The van der Waals surface area contributed by atoms with Gasteiger partial charge in [-0.25, -0.2) is 0 Å². The van der Waals surface area contributed by atoms with Crippen LogP contribution >= 0.6 is 11.8 Å². The number of carboxylic acids is 1. The van der Waals surface area contributed by atoms with Gasteiger partial charge in [-0.15, -0.1) is 0 Å². The molecule has 0 saturated carbocycles. The molecule has 0 aliphatic carbocycles. The Labute approximate surface area is 105 Å². The molecule has 0 radical (unpaired) electrons. The summed E-state index contributed by atoms with van der Waals surface area (Å²) < 4.78 is 5.04. The van der Waals surface area contributed by atoms with E-state index >= 15 is 0 Å². The third-order valence-corrected chi connectivity index (χ3v) is 3.34. The molecule has 0 saturated heterocycles. The van der Waals surface area contributed by atoms with Crippen LogP contribution in [0.3, 0.4) is 0 Å². The Morgan fingerprint density at radius 2 is 2.29 bits per heavy atom. The van der Waals surface area contributed by atoms with Crippen LogP contribution in [0.25, 0.3) is 0 Å². The second-order valence-corrected chi connectivity index (χ2v) is 5.29. The highest BCUT2D eigenvalue weighted by atomic mass is 32.2. The first kappa shape index (κ1) is 14.0. The molecule has 0 aliphatic rings. The van der Waals surface area contributed by atoms with Crippen LogP contribution in [0, 0.1) is 5.92 Å². The Bertz CT molecular complexity index is 352. The summed E-state index contributed by atoms with van der Waals surface area (Å²) in [6, 6.07) is 0. The van der Waals surface area contributed by atoms with Gasteiger partial charge < -0.3 is 9.63 Å². The molecule has 0 fully saturated rings. The number of nitrogens with zero attached hydrogens (tertiary/aromatic N) is 2. The minimum absolute atomic E-state index is 0.139. The minimum Gasteiger partial charge on any atom is -0.481 e. The third-order valence-electron chi connectivity index (χ3n) is 1.97. The maximum Gasteiger partial charge on any atom is 0.303 e. The highest BCUT2D eigenvalue weighted by molar-refractivity contribution is 7.98. The molecule has 1 N–H and O–H groups in total. The maximum atomic E-state index is 10.3.